The Morgan fingerprint density at radius 3 is 2.71 bits per heavy atom. The second-order valence-corrected chi connectivity index (χ2v) is 3.00. The van der Waals surface area contributed by atoms with Gasteiger partial charge in [-0.25, -0.2) is 0 Å². The summed E-state index contributed by atoms with van der Waals surface area (Å²) in [7, 11) is 0. The average Bonchev–Trinajstić information content (AvgIpc) is 2.70. The summed E-state index contributed by atoms with van der Waals surface area (Å²) in [5.41, 5.74) is 8.91. The number of hydrogen-bond donors (Lipinski definition) is 2. The Morgan fingerprint density at radius 1 is 1.29 bits per heavy atom. The molecule has 3 N–H and O–H groups in total. The first-order valence-electron chi connectivity index (χ1n) is 4.24. The fourth-order valence-corrected chi connectivity index (χ4v) is 1.38. The van der Waals surface area contributed by atoms with Crippen molar-refractivity contribution < 1.29 is 0 Å². The van der Waals surface area contributed by atoms with Gasteiger partial charge in [-0.3, -0.25) is 0 Å². The number of nitrogens with one attached hydrogen (secondary N) is 1. The number of H-pyrrole nitrogens is 1. The Kier molecular flexibility index (Phi) is 1.96. The quantitative estimate of drug-likeness (QED) is 0.665. The van der Waals surface area contributed by atoms with Gasteiger partial charge in [0.25, 0.3) is 0 Å². The molecule has 0 aliphatic rings. The fourth-order valence-electron chi connectivity index (χ4n) is 1.38. The summed E-state index contributed by atoms with van der Waals surface area (Å²) in [5, 5.41) is 8.67. The molecule has 0 aliphatic heterocycles. The number of aromatic nitrogens is 1. The van der Waals surface area contributed by atoms with E-state index in [2.05, 4.69) is 11.1 Å². The maximum absolute atomic E-state index is 8.67. The number of benzene rings is 1. The standard InChI is InChI=1S/C11H9N3/c12-7-8-3-4-9(10(13)6-8)11-2-1-5-14-11/h1-6,14H,13H2. The predicted octanol–water partition coefficient (Wildman–Crippen LogP) is 2.14. The molecule has 0 fully saturated rings. The summed E-state index contributed by atoms with van der Waals surface area (Å²) in [5.74, 6) is 0. The van der Waals surface area contributed by atoms with Crippen LogP contribution in [-0.4, -0.2) is 4.98 Å². The predicted molar refractivity (Wildman–Crippen MR) is 55.4 cm³/mol. The van der Waals surface area contributed by atoms with Crippen LogP contribution in [0.2, 0.25) is 0 Å². The highest BCUT2D eigenvalue weighted by atomic mass is 14.7. The third-order valence-electron chi connectivity index (χ3n) is 2.07. The molecule has 1 heterocycles. The molecule has 0 aliphatic carbocycles. The monoisotopic (exact) mass is 183 g/mol. The lowest BCUT2D eigenvalue weighted by atomic mass is 10.1. The number of hydrogen-bond acceptors (Lipinski definition) is 2. The zero-order valence-corrected chi connectivity index (χ0v) is 7.49. The van der Waals surface area contributed by atoms with Gasteiger partial charge in [0.05, 0.1) is 11.6 Å². The molecule has 0 atom stereocenters. The normalized spacial score (nSPS) is 9.64. The molecular formula is C11H9N3. The Balaban J connectivity index is 2.52. The molecule has 3 heteroatoms. The number of nitrogens with two attached hydrogens (primary N) is 1. The van der Waals surface area contributed by atoms with Crippen molar-refractivity contribution in [2.45, 2.75) is 0 Å². The second-order valence-electron chi connectivity index (χ2n) is 3.00. The molecule has 1 aromatic heterocycles. The van der Waals surface area contributed by atoms with Crippen molar-refractivity contribution in [3.63, 3.8) is 0 Å². The molecule has 0 spiro atoms. The lowest BCUT2D eigenvalue weighted by Gasteiger charge is -2.02. The highest BCUT2D eigenvalue weighted by Gasteiger charge is 2.03. The molecule has 2 aromatic rings. The molecule has 0 saturated heterocycles. The molecule has 0 amide bonds. The first-order valence-corrected chi connectivity index (χ1v) is 4.24. The zero-order valence-electron chi connectivity index (χ0n) is 7.49. The van der Waals surface area contributed by atoms with Gasteiger partial charge in [-0.15, -0.1) is 0 Å². The Hall–Kier alpha value is -2.21. The van der Waals surface area contributed by atoms with Gasteiger partial charge >= 0.3 is 0 Å². The molecule has 0 unspecified atom stereocenters. The highest BCUT2D eigenvalue weighted by Crippen LogP contribution is 2.24. The van der Waals surface area contributed by atoms with E-state index in [4.69, 9.17) is 11.0 Å². The van der Waals surface area contributed by atoms with Crippen LogP contribution >= 0.6 is 0 Å². The number of aromatic amines is 1. The molecule has 2 rings (SSSR count). The van der Waals surface area contributed by atoms with Crippen molar-refractivity contribution in [2.24, 2.45) is 0 Å². The largest absolute Gasteiger partial charge is 0.398 e. The van der Waals surface area contributed by atoms with E-state index in [1.165, 1.54) is 0 Å². The van der Waals surface area contributed by atoms with Gasteiger partial charge in [0.2, 0.25) is 0 Å². The highest BCUT2D eigenvalue weighted by molar-refractivity contribution is 5.75. The molecule has 0 saturated carbocycles. The van der Waals surface area contributed by atoms with Crippen LogP contribution in [0, 0.1) is 11.3 Å². The first-order chi connectivity index (χ1) is 6.81. The van der Waals surface area contributed by atoms with E-state index in [9.17, 15) is 0 Å². The van der Waals surface area contributed by atoms with E-state index in [0.29, 0.717) is 11.3 Å². The minimum Gasteiger partial charge on any atom is -0.398 e. The van der Waals surface area contributed by atoms with E-state index >= 15 is 0 Å². The van der Waals surface area contributed by atoms with E-state index in [-0.39, 0.29) is 0 Å². The number of nitrogen functional groups attached to an aromatic ring is 1. The average molecular weight is 183 g/mol. The maximum atomic E-state index is 8.67. The maximum Gasteiger partial charge on any atom is 0.0992 e. The van der Waals surface area contributed by atoms with Crippen LogP contribution in [0.1, 0.15) is 5.56 Å². The third kappa shape index (κ3) is 1.34. The minimum absolute atomic E-state index is 0.581. The van der Waals surface area contributed by atoms with Crippen molar-refractivity contribution in [1.29, 1.82) is 5.26 Å². The SMILES string of the molecule is N#Cc1ccc(-c2ccc[nH]2)c(N)c1. The smallest absolute Gasteiger partial charge is 0.0992 e. The number of rotatable bonds is 1. The minimum atomic E-state index is 0.581. The molecular weight excluding hydrogens is 174 g/mol. The van der Waals surface area contributed by atoms with Crippen LogP contribution in [0.5, 0.6) is 0 Å². The summed E-state index contributed by atoms with van der Waals surface area (Å²) in [6.45, 7) is 0. The van der Waals surface area contributed by atoms with Gasteiger partial charge in [-0.1, -0.05) is 0 Å². The van der Waals surface area contributed by atoms with Gasteiger partial charge in [0.15, 0.2) is 0 Å². The molecule has 68 valence electrons. The first kappa shape index (κ1) is 8.39. The number of nitriles is 1. The second kappa shape index (κ2) is 3.27. The van der Waals surface area contributed by atoms with E-state index < -0.39 is 0 Å². The van der Waals surface area contributed by atoms with E-state index in [1.54, 1.807) is 12.1 Å². The Labute approximate surface area is 81.8 Å². The van der Waals surface area contributed by atoms with Crippen LogP contribution in [0.3, 0.4) is 0 Å². The van der Waals surface area contributed by atoms with Gasteiger partial charge in [-0.2, -0.15) is 5.26 Å². The van der Waals surface area contributed by atoms with Gasteiger partial charge in [0, 0.05) is 23.1 Å². The number of nitrogens with zero attached hydrogens (tertiary/aromatic N) is 1. The lowest BCUT2D eigenvalue weighted by Crippen LogP contribution is -1.91. The molecule has 3 nitrogen and oxygen atoms in total. The summed E-state index contributed by atoms with van der Waals surface area (Å²) in [4.78, 5) is 3.07. The topological polar surface area (TPSA) is 65.6 Å². The summed E-state index contributed by atoms with van der Waals surface area (Å²) in [6.07, 6.45) is 1.84. The van der Waals surface area contributed by atoms with Gasteiger partial charge in [-0.05, 0) is 30.3 Å². The van der Waals surface area contributed by atoms with Crippen LogP contribution < -0.4 is 5.73 Å². The van der Waals surface area contributed by atoms with Gasteiger partial charge < -0.3 is 10.7 Å². The van der Waals surface area contributed by atoms with Crippen molar-refractivity contribution in [3.05, 3.63) is 42.1 Å². The van der Waals surface area contributed by atoms with Crippen LogP contribution in [0.25, 0.3) is 11.3 Å². The fraction of sp³-hybridized carbons (Fsp3) is 0. The van der Waals surface area contributed by atoms with Crippen molar-refractivity contribution in [2.75, 3.05) is 5.73 Å². The van der Waals surface area contributed by atoms with Crippen molar-refractivity contribution in [1.82, 2.24) is 4.98 Å². The molecule has 1 aromatic carbocycles. The van der Waals surface area contributed by atoms with Gasteiger partial charge in [0.1, 0.15) is 0 Å². The van der Waals surface area contributed by atoms with Crippen molar-refractivity contribution in [3.8, 4) is 17.3 Å². The van der Waals surface area contributed by atoms with Crippen LogP contribution in [0.15, 0.2) is 36.5 Å². The Morgan fingerprint density at radius 2 is 2.14 bits per heavy atom. The number of anilines is 1. The molecule has 0 radical (unpaired) electrons. The summed E-state index contributed by atoms with van der Waals surface area (Å²) >= 11 is 0. The summed E-state index contributed by atoms with van der Waals surface area (Å²) < 4.78 is 0. The zero-order chi connectivity index (χ0) is 9.97. The Bertz CT molecular complexity index is 478. The van der Waals surface area contributed by atoms with Crippen molar-refractivity contribution >= 4 is 5.69 Å². The molecule has 0 bridgehead atoms. The lowest BCUT2D eigenvalue weighted by molar-refractivity contribution is 1.40. The van der Waals surface area contributed by atoms with Crippen LogP contribution in [-0.2, 0) is 0 Å². The van der Waals surface area contributed by atoms with Crippen LogP contribution in [0.4, 0.5) is 5.69 Å². The molecule has 14 heavy (non-hydrogen) atoms. The third-order valence-corrected chi connectivity index (χ3v) is 2.07. The van der Waals surface area contributed by atoms with E-state index in [0.717, 1.165) is 11.3 Å². The van der Waals surface area contributed by atoms with E-state index in [1.807, 2.05) is 24.4 Å². The summed E-state index contributed by atoms with van der Waals surface area (Å²) in [6, 6.07) is 11.2.